The maximum absolute atomic E-state index is 13.7. The Balaban J connectivity index is 1.64. The van der Waals surface area contributed by atoms with Crippen LogP contribution in [0.25, 0.3) is 0 Å². The van der Waals surface area contributed by atoms with E-state index in [2.05, 4.69) is 27.7 Å². The number of imide groups is 1. The van der Waals surface area contributed by atoms with Crippen molar-refractivity contribution in [3.05, 3.63) is 29.8 Å². The van der Waals surface area contributed by atoms with Gasteiger partial charge in [-0.05, 0) is 47.9 Å². The van der Waals surface area contributed by atoms with Gasteiger partial charge in [-0.2, -0.15) is 5.26 Å². The van der Waals surface area contributed by atoms with E-state index < -0.39 is 6.04 Å². The standard InChI is InChI=1S/C24H29N3O3/c1-23(2)20(24(23,3)4)22(30)26(16-7-5-6-8-16)18-13-19(28)27(21(18)29)17-11-9-15(14-25)10-12-17/h9-12,16,18,20H,5-8,13H2,1-4H3. The van der Waals surface area contributed by atoms with Gasteiger partial charge in [0.15, 0.2) is 0 Å². The van der Waals surface area contributed by atoms with Crippen molar-refractivity contribution in [1.82, 2.24) is 4.90 Å². The van der Waals surface area contributed by atoms with Crippen LogP contribution in [-0.4, -0.2) is 34.7 Å². The first-order chi connectivity index (χ1) is 14.1. The first-order valence-corrected chi connectivity index (χ1v) is 10.8. The molecule has 1 aromatic carbocycles. The molecule has 0 radical (unpaired) electrons. The van der Waals surface area contributed by atoms with Gasteiger partial charge in [-0.25, -0.2) is 4.90 Å². The molecule has 30 heavy (non-hydrogen) atoms. The molecule has 2 saturated carbocycles. The predicted molar refractivity (Wildman–Crippen MR) is 112 cm³/mol. The number of carbonyl (C=O) groups is 3. The summed E-state index contributed by atoms with van der Waals surface area (Å²) < 4.78 is 0. The van der Waals surface area contributed by atoms with E-state index in [1.807, 2.05) is 6.07 Å². The summed E-state index contributed by atoms with van der Waals surface area (Å²) in [5.41, 5.74) is 0.673. The van der Waals surface area contributed by atoms with Crippen LogP contribution in [0, 0.1) is 28.1 Å². The summed E-state index contributed by atoms with van der Waals surface area (Å²) in [5.74, 6) is -0.747. The average Bonchev–Trinajstić information content (AvgIpc) is 3.12. The van der Waals surface area contributed by atoms with Crippen molar-refractivity contribution in [2.45, 2.75) is 71.9 Å². The zero-order valence-corrected chi connectivity index (χ0v) is 18.1. The molecule has 0 N–H and O–H groups in total. The summed E-state index contributed by atoms with van der Waals surface area (Å²) >= 11 is 0. The SMILES string of the molecule is CC1(C)C(C(=O)N(C2CCCC2)C2CC(=O)N(c3ccc(C#N)cc3)C2=O)C1(C)C. The lowest BCUT2D eigenvalue weighted by molar-refractivity contribution is -0.143. The third-order valence-corrected chi connectivity index (χ3v) is 7.95. The topological polar surface area (TPSA) is 81.5 Å². The molecule has 6 nitrogen and oxygen atoms in total. The van der Waals surface area contributed by atoms with Gasteiger partial charge in [0, 0.05) is 12.0 Å². The lowest BCUT2D eigenvalue weighted by Gasteiger charge is -2.34. The maximum Gasteiger partial charge on any atom is 0.257 e. The molecular formula is C24H29N3O3. The van der Waals surface area contributed by atoms with Gasteiger partial charge in [0.1, 0.15) is 6.04 Å². The highest BCUT2D eigenvalue weighted by atomic mass is 16.2. The van der Waals surface area contributed by atoms with Crippen molar-refractivity contribution >= 4 is 23.4 Å². The molecule has 3 amide bonds. The number of carbonyl (C=O) groups excluding carboxylic acids is 3. The molecule has 1 unspecified atom stereocenters. The highest BCUT2D eigenvalue weighted by Gasteiger charge is 2.69. The van der Waals surface area contributed by atoms with Gasteiger partial charge in [0.25, 0.3) is 5.91 Å². The van der Waals surface area contributed by atoms with E-state index in [1.165, 1.54) is 4.90 Å². The summed E-state index contributed by atoms with van der Waals surface area (Å²) in [5, 5.41) is 9.00. The second kappa shape index (κ2) is 6.94. The summed E-state index contributed by atoms with van der Waals surface area (Å²) in [6.07, 6.45) is 3.87. The van der Waals surface area contributed by atoms with Crippen LogP contribution >= 0.6 is 0 Å². The van der Waals surface area contributed by atoms with Gasteiger partial charge in [0.2, 0.25) is 11.8 Å². The monoisotopic (exact) mass is 407 g/mol. The predicted octanol–water partition coefficient (Wildman–Crippen LogP) is 3.64. The van der Waals surface area contributed by atoms with Crippen molar-refractivity contribution in [2.75, 3.05) is 4.90 Å². The summed E-state index contributed by atoms with van der Waals surface area (Å²) in [6, 6.07) is 7.74. The van der Waals surface area contributed by atoms with Crippen LogP contribution in [0.3, 0.4) is 0 Å². The molecule has 3 fully saturated rings. The van der Waals surface area contributed by atoms with Crippen LogP contribution in [0.5, 0.6) is 0 Å². The third-order valence-electron chi connectivity index (χ3n) is 7.95. The number of hydrogen-bond donors (Lipinski definition) is 0. The maximum atomic E-state index is 13.7. The molecule has 1 aromatic rings. The normalized spacial score (nSPS) is 25.4. The molecule has 3 aliphatic rings. The highest BCUT2D eigenvalue weighted by molar-refractivity contribution is 6.23. The van der Waals surface area contributed by atoms with Gasteiger partial charge >= 0.3 is 0 Å². The molecule has 1 saturated heterocycles. The fourth-order valence-electron chi connectivity index (χ4n) is 5.52. The first-order valence-electron chi connectivity index (χ1n) is 10.8. The number of nitriles is 1. The molecule has 0 bridgehead atoms. The Morgan fingerprint density at radius 1 is 1.07 bits per heavy atom. The Morgan fingerprint density at radius 2 is 1.63 bits per heavy atom. The van der Waals surface area contributed by atoms with Crippen LogP contribution in [0.1, 0.15) is 65.4 Å². The number of amides is 3. The van der Waals surface area contributed by atoms with E-state index in [4.69, 9.17) is 5.26 Å². The minimum absolute atomic E-state index is 0.0183. The van der Waals surface area contributed by atoms with Crippen LogP contribution in [0.2, 0.25) is 0 Å². The number of nitrogens with zero attached hydrogens (tertiary/aromatic N) is 3. The summed E-state index contributed by atoms with van der Waals surface area (Å²) in [7, 11) is 0. The average molecular weight is 408 g/mol. The largest absolute Gasteiger partial charge is 0.327 e. The molecular weight excluding hydrogens is 378 g/mol. The summed E-state index contributed by atoms with van der Waals surface area (Å²) in [6.45, 7) is 8.42. The molecule has 1 atom stereocenters. The van der Waals surface area contributed by atoms with Gasteiger partial charge in [-0.1, -0.05) is 40.5 Å². The number of benzene rings is 1. The van der Waals surface area contributed by atoms with E-state index in [-0.39, 0.29) is 46.9 Å². The van der Waals surface area contributed by atoms with Gasteiger partial charge < -0.3 is 4.90 Å². The third kappa shape index (κ3) is 2.94. The molecule has 0 spiro atoms. The Kier molecular flexibility index (Phi) is 4.76. The van der Waals surface area contributed by atoms with Gasteiger partial charge in [-0.15, -0.1) is 0 Å². The van der Waals surface area contributed by atoms with Crippen molar-refractivity contribution in [2.24, 2.45) is 16.7 Å². The van der Waals surface area contributed by atoms with E-state index in [0.717, 1.165) is 25.7 Å². The molecule has 1 heterocycles. The smallest absolute Gasteiger partial charge is 0.257 e. The van der Waals surface area contributed by atoms with Gasteiger partial charge in [0.05, 0.1) is 23.7 Å². The van der Waals surface area contributed by atoms with E-state index >= 15 is 0 Å². The van der Waals surface area contributed by atoms with Gasteiger partial charge in [-0.3, -0.25) is 14.4 Å². The second-order valence-electron chi connectivity index (χ2n) is 10.0. The Bertz CT molecular complexity index is 921. The van der Waals surface area contributed by atoms with E-state index in [0.29, 0.717) is 11.3 Å². The minimum Gasteiger partial charge on any atom is -0.327 e. The van der Waals surface area contributed by atoms with E-state index in [9.17, 15) is 14.4 Å². The number of rotatable bonds is 4. The zero-order chi connectivity index (χ0) is 21.8. The van der Waals surface area contributed by atoms with Crippen molar-refractivity contribution in [1.29, 1.82) is 5.26 Å². The Morgan fingerprint density at radius 3 is 2.13 bits per heavy atom. The molecule has 1 aliphatic heterocycles. The minimum atomic E-state index is -0.740. The Hall–Kier alpha value is -2.68. The van der Waals surface area contributed by atoms with Crippen LogP contribution in [0.4, 0.5) is 5.69 Å². The number of hydrogen-bond acceptors (Lipinski definition) is 4. The van der Waals surface area contributed by atoms with Crippen molar-refractivity contribution in [3.8, 4) is 6.07 Å². The summed E-state index contributed by atoms with van der Waals surface area (Å²) in [4.78, 5) is 42.9. The quantitative estimate of drug-likeness (QED) is 0.714. The first kappa shape index (κ1) is 20.6. The number of anilines is 1. The van der Waals surface area contributed by atoms with Crippen LogP contribution in [-0.2, 0) is 14.4 Å². The zero-order valence-electron chi connectivity index (χ0n) is 18.1. The molecule has 158 valence electrons. The van der Waals surface area contributed by atoms with Crippen LogP contribution < -0.4 is 4.90 Å². The fraction of sp³-hybridized carbons (Fsp3) is 0.583. The lowest BCUT2D eigenvalue weighted by atomic mass is 10.0. The second-order valence-corrected chi connectivity index (χ2v) is 10.0. The lowest BCUT2D eigenvalue weighted by Crippen LogP contribution is -2.51. The van der Waals surface area contributed by atoms with E-state index in [1.54, 1.807) is 29.2 Å². The van der Waals surface area contributed by atoms with Crippen molar-refractivity contribution in [3.63, 3.8) is 0 Å². The Labute approximate surface area is 177 Å². The molecule has 6 heteroatoms. The fourth-order valence-corrected chi connectivity index (χ4v) is 5.52. The molecule has 2 aliphatic carbocycles. The molecule has 4 rings (SSSR count). The van der Waals surface area contributed by atoms with Crippen molar-refractivity contribution < 1.29 is 14.4 Å². The highest BCUT2D eigenvalue weighted by Crippen LogP contribution is 2.69. The molecule has 0 aromatic heterocycles. The van der Waals surface area contributed by atoms with Crippen LogP contribution in [0.15, 0.2) is 24.3 Å².